The summed E-state index contributed by atoms with van der Waals surface area (Å²) in [5.74, 6) is 0.509. The first-order valence-electron chi connectivity index (χ1n) is 9.99. The van der Waals surface area contributed by atoms with E-state index in [0.29, 0.717) is 21.0 Å². The number of thioether (sulfide) groups is 1. The molecule has 0 fully saturated rings. The monoisotopic (exact) mass is 495 g/mol. The highest BCUT2D eigenvalue weighted by Crippen LogP contribution is 2.28. The van der Waals surface area contributed by atoms with E-state index < -0.39 is 0 Å². The zero-order chi connectivity index (χ0) is 23.2. The summed E-state index contributed by atoms with van der Waals surface area (Å²) in [4.78, 5) is 12.3. The van der Waals surface area contributed by atoms with Crippen LogP contribution < -0.4 is 5.43 Å². The molecule has 0 bridgehead atoms. The van der Waals surface area contributed by atoms with Crippen LogP contribution >= 0.6 is 35.0 Å². The number of amides is 1. The first-order valence-corrected chi connectivity index (χ1v) is 11.7. The molecule has 0 aliphatic heterocycles. The van der Waals surface area contributed by atoms with Crippen molar-refractivity contribution in [2.45, 2.75) is 12.1 Å². The highest BCUT2D eigenvalue weighted by atomic mass is 35.5. The molecule has 9 heteroatoms. The molecule has 0 unspecified atom stereocenters. The number of halogens is 2. The van der Waals surface area contributed by atoms with Gasteiger partial charge in [-0.15, -0.1) is 10.2 Å². The minimum absolute atomic E-state index is 0.116. The van der Waals surface area contributed by atoms with Crippen LogP contribution in [-0.4, -0.2) is 32.6 Å². The van der Waals surface area contributed by atoms with E-state index in [0.717, 1.165) is 22.4 Å². The molecule has 166 valence electrons. The minimum atomic E-state index is -0.269. The second kappa shape index (κ2) is 10.7. The van der Waals surface area contributed by atoms with E-state index in [-0.39, 0.29) is 11.7 Å². The molecule has 1 heterocycles. The van der Waals surface area contributed by atoms with Crippen LogP contribution in [0.4, 0.5) is 0 Å². The van der Waals surface area contributed by atoms with Gasteiger partial charge in [-0.3, -0.25) is 9.36 Å². The molecule has 0 atom stereocenters. The molecular weight excluding hydrogens is 477 g/mol. The Balaban J connectivity index is 1.52. The van der Waals surface area contributed by atoms with E-state index in [9.17, 15) is 4.79 Å². The van der Waals surface area contributed by atoms with Crippen molar-refractivity contribution in [1.82, 2.24) is 20.2 Å². The summed E-state index contributed by atoms with van der Waals surface area (Å²) in [5, 5.41) is 14.5. The zero-order valence-corrected chi connectivity index (χ0v) is 19.9. The Morgan fingerprint density at radius 1 is 1.03 bits per heavy atom. The van der Waals surface area contributed by atoms with E-state index in [2.05, 4.69) is 20.7 Å². The Kier molecular flexibility index (Phi) is 7.44. The maximum absolute atomic E-state index is 12.3. The number of nitrogens with one attached hydrogen (secondary N) is 1. The lowest BCUT2D eigenvalue weighted by Crippen LogP contribution is -2.20. The van der Waals surface area contributed by atoms with Crippen LogP contribution in [-0.2, 0) is 4.79 Å². The van der Waals surface area contributed by atoms with Gasteiger partial charge in [0.05, 0.1) is 12.0 Å². The Labute approximate surface area is 205 Å². The molecule has 0 radical (unpaired) electrons. The fourth-order valence-corrected chi connectivity index (χ4v) is 4.05. The van der Waals surface area contributed by atoms with Crippen LogP contribution in [0.3, 0.4) is 0 Å². The lowest BCUT2D eigenvalue weighted by Gasteiger charge is -2.10. The third-order valence-electron chi connectivity index (χ3n) is 4.66. The standard InChI is InChI=1S/C24H19Cl2N5OS/c1-16-6-12-20(13-7-16)31-23(17-8-10-19(25)11-9-17)29-30-24(31)33-15-22(32)28-27-14-18-4-2-3-5-21(18)26/h2-14H,15H2,1H3,(H,28,32)/b27-14-. The van der Waals surface area contributed by atoms with Crippen molar-refractivity contribution in [3.63, 3.8) is 0 Å². The number of hydrazone groups is 1. The third-order valence-corrected chi connectivity index (χ3v) is 6.18. The van der Waals surface area contributed by atoms with E-state index in [1.807, 2.05) is 78.2 Å². The second-order valence-corrected chi connectivity index (χ2v) is 8.87. The molecule has 6 nitrogen and oxygen atoms in total. The molecule has 3 aromatic carbocycles. The number of hydrogen-bond donors (Lipinski definition) is 1. The fraction of sp³-hybridized carbons (Fsp3) is 0.0833. The predicted molar refractivity (Wildman–Crippen MR) is 134 cm³/mol. The van der Waals surface area contributed by atoms with Crippen LogP contribution in [0.5, 0.6) is 0 Å². The van der Waals surface area contributed by atoms with Gasteiger partial charge in [0.2, 0.25) is 0 Å². The molecule has 4 rings (SSSR count). The van der Waals surface area contributed by atoms with E-state index in [4.69, 9.17) is 23.2 Å². The summed E-state index contributed by atoms with van der Waals surface area (Å²) in [6, 6.07) is 22.7. The normalized spacial score (nSPS) is 11.1. The molecule has 1 aromatic heterocycles. The smallest absolute Gasteiger partial charge is 0.250 e. The summed E-state index contributed by atoms with van der Waals surface area (Å²) in [7, 11) is 0. The summed E-state index contributed by atoms with van der Waals surface area (Å²) >= 11 is 13.4. The summed E-state index contributed by atoms with van der Waals surface area (Å²) < 4.78 is 1.92. The molecule has 0 aliphatic carbocycles. The predicted octanol–water partition coefficient (Wildman–Crippen LogP) is 5.79. The zero-order valence-electron chi connectivity index (χ0n) is 17.6. The van der Waals surface area contributed by atoms with Gasteiger partial charge in [0.15, 0.2) is 11.0 Å². The molecule has 0 saturated heterocycles. The third kappa shape index (κ3) is 5.82. The van der Waals surface area contributed by atoms with Crippen LogP contribution in [0.1, 0.15) is 11.1 Å². The van der Waals surface area contributed by atoms with Crippen molar-refractivity contribution in [2.24, 2.45) is 5.10 Å². The Hall–Kier alpha value is -3.13. The van der Waals surface area contributed by atoms with Gasteiger partial charge in [-0.1, -0.05) is 70.9 Å². The van der Waals surface area contributed by atoms with Gasteiger partial charge in [-0.2, -0.15) is 5.10 Å². The highest BCUT2D eigenvalue weighted by molar-refractivity contribution is 7.99. The average Bonchev–Trinajstić information content (AvgIpc) is 3.24. The van der Waals surface area contributed by atoms with Gasteiger partial charge in [0, 0.05) is 26.9 Å². The van der Waals surface area contributed by atoms with Gasteiger partial charge in [0.25, 0.3) is 5.91 Å². The molecule has 0 saturated carbocycles. The Morgan fingerprint density at radius 3 is 2.48 bits per heavy atom. The topological polar surface area (TPSA) is 72.2 Å². The molecular formula is C24H19Cl2N5OS. The Bertz CT molecular complexity index is 1290. The van der Waals surface area contributed by atoms with Crippen molar-refractivity contribution in [2.75, 3.05) is 5.75 Å². The summed E-state index contributed by atoms with van der Waals surface area (Å²) in [6.45, 7) is 2.03. The number of carbonyl (C=O) groups excluding carboxylic acids is 1. The van der Waals surface area contributed by atoms with Gasteiger partial charge in [-0.25, -0.2) is 5.43 Å². The van der Waals surface area contributed by atoms with Crippen LogP contribution in [0, 0.1) is 6.92 Å². The van der Waals surface area contributed by atoms with Gasteiger partial charge in [-0.05, 0) is 49.4 Å². The number of nitrogens with zero attached hydrogens (tertiary/aromatic N) is 4. The van der Waals surface area contributed by atoms with Crippen molar-refractivity contribution < 1.29 is 4.79 Å². The molecule has 4 aromatic rings. The van der Waals surface area contributed by atoms with Crippen LogP contribution in [0.2, 0.25) is 10.0 Å². The SMILES string of the molecule is Cc1ccc(-n2c(SCC(=O)N/N=C\c3ccccc3Cl)nnc2-c2ccc(Cl)cc2)cc1. The minimum Gasteiger partial charge on any atom is -0.272 e. The highest BCUT2D eigenvalue weighted by Gasteiger charge is 2.17. The van der Waals surface area contributed by atoms with Crippen LogP contribution in [0.15, 0.2) is 83.1 Å². The van der Waals surface area contributed by atoms with Crippen molar-refractivity contribution in [1.29, 1.82) is 0 Å². The first kappa shape index (κ1) is 23.0. The van der Waals surface area contributed by atoms with E-state index >= 15 is 0 Å². The second-order valence-electron chi connectivity index (χ2n) is 7.09. The molecule has 0 aliphatic rings. The number of carbonyl (C=O) groups is 1. The lowest BCUT2D eigenvalue weighted by molar-refractivity contribution is -0.118. The first-order chi connectivity index (χ1) is 16.0. The maximum Gasteiger partial charge on any atom is 0.250 e. The van der Waals surface area contributed by atoms with Crippen LogP contribution in [0.25, 0.3) is 17.1 Å². The lowest BCUT2D eigenvalue weighted by atomic mass is 10.2. The molecule has 1 amide bonds. The molecule has 1 N–H and O–H groups in total. The fourth-order valence-electron chi connectivity index (χ4n) is 2.99. The number of hydrogen-bond acceptors (Lipinski definition) is 5. The van der Waals surface area contributed by atoms with Gasteiger partial charge < -0.3 is 0 Å². The Morgan fingerprint density at radius 2 is 1.76 bits per heavy atom. The molecule has 0 spiro atoms. The molecule has 33 heavy (non-hydrogen) atoms. The van der Waals surface area contributed by atoms with E-state index in [1.165, 1.54) is 18.0 Å². The summed E-state index contributed by atoms with van der Waals surface area (Å²) in [5.41, 5.74) is 6.15. The largest absolute Gasteiger partial charge is 0.272 e. The van der Waals surface area contributed by atoms with Crippen molar-refractivity contribution >= 4 is 47.1 Å². The van der Waals surface area contributed by atoms with Crippen molar-refractivity contribution in [3.8, 4) is 17.1 Å². The maximum atomic E-state index is 12.3. The summed E-state index contributed by atoms with van der Waals surface area (Å²) in [6.07, 6.45) is 1.51. The van der Waals surface area contributed by atoms with E-state index in [1.54, 1.807) is 6.07 Å². The quantitative estimate of drug-likeness (QED) is 0.200. The average molecular weight is 496 g/mol. The van der Waals surface area contributed by atoms with Crippen molar-refractivity contribution in [3.05, 3.63) is 94.0 Å². The number of benzene rings is 3. The number of aryl methyl sites for hydroxylation is 1. The van der Waals surface area contributed by atoms with Gasteiger partial charge in [0.1, 0.15) is 0 Å². The number of aromatic nitrogens is 3. The number of rotatable bonds is 7. The van der Waals surface area contributed by atoms with Gasteiger partial charge >= 0.3 is 0 Å².